The van der Waals surface area contributed by atoms with Crippen LogP contribution in [0.15, 0.2) is 42.5 Å². The zero-order chi connectivity index (χ0) is 16.1. The minimum absolute atomic E-state index is 0.0248. The SMILES string of the molecule is CC(=O)Nc1ccc(NC(=O)Nc2ccc(Cl)cc2F)cc1. The van der Waals surface area contributed by atoms with E-state index in [1.165, 1.54) is 19.1 Å². The summed E-state index contributed by atoms with van der Waals surface area (Å²) < 4.78 is 13.6. The van der Waals surface area contributed by atoms with E-state index in [0.29, 0.717) is 11.4 Å². The van der Waals surface area contributed by atoms with Crippen LogP contribution in [0, 0.1) is 5.82 Å². The fourth-order valence-corrected chi connectivity index (χ4v) is 1.87. The molecule has 2 aromatic carbocycles. The van der Waals surface area contributed by atoms with Crippen LogP contribution in [0.25, 0.3) is 0 Å². The van der Waals surface area contributed by atoms with Crippen molar-refractivity contribution in [3.8, 4) is 0 Å². The molecule has 0 spiro atoms. The normalized spacial score (nSPS) is 9.95. The topological polar surface area (TPSA) is 70.2 Å². The Morgan fingerprint density at radius 2 is 1.55 bits per heavy atom. The van der Waals surface area contributed by atoms with Crippen molar-refractivity contribution >= 4 is 40.6 Å². The summed E-state index contributed by atoms with van der Waals surface area (Å²) in [6.45, 7) is 1.40. The quantitative estimate of drug-likeness (QED) is 0.797. The van der Waals surface area contributed by atoms with E-state index >= 15 is 0 Å². The Balaban J connectivity index is 1.98. The molecule has 22 heavy (non-hydrogen) atoms. The van der Waals surface area contributed by atoms with Crippen molar-refractivity contribution in [1.82, 2.24) is 0 Å². The summed E-state index contributed by atoms with van der Waals surface area (Å²) in [5.41, 5.74) is 1.14. The number of urea groups is 1. The number of rotatable bonds is 3. The maximum atomic E-state index is 13.6. The molecule has 0 aliphatic heterocycles. The first-order chi connectivity index (χ1) is 10.4. The van der Waals surface area contributed by atoms with Crippen LogP contribution < -0.4 is 16.0 Å². The molecule has 2 rings (SSSR count). The second-order valence-corrected chi connectivity index (χ2v) is 4.90. The van der Waals surface area contributed by atoms with Crippen LogP contribution in [0.4, 0.5) is 26.2 Å². The van der Waals surface area contributed by atoms with Gasteiger partial charge in [-0.05, 0) is 42.5 Å². The Kier molecular flexibility index (Phi) is 4.95. The number of nitrogens with one attached hydrogen (secondary N) is 3. The molecule has 0 saturated heterocycles. The molecule has 7 heteroatoms. The lowest BCUT2D eigenvalue weighted by Gasteiger charge is -2.09. The van der Waals surface area contributed by atoms with Crippen LogP contribution in [0.1, 0.15) is 6.92 Å². The number of benzene rings is 2. The van der Waals surface area contributed by atoms with Crippen molar-refractivity contribution in [1.29, 1.82) is 0 Å². The van der Waals surface area contributed by atoms with Gasteiger partial charge in [0.25, 0.3) is 0 Å². The van der Waals surface area contributed by atoms with E-state index in [9.17, 15) is 14.0 Å². The molecule has 0 radical (unpaired) electrons. The zero-order valence-electron chi connectivity index (χ0n) is 11.6. The highest BCUT2D eigenvalue weighted by Crippen LogP contribution is 2.19. The van der Waals surface area contributed by atoms with Crippen molar-refractivity contribution in [2.24, 2.45) is 0 Å². The first-order valence-corrected chi connectivity index (χ1v) is 6.72. The second kappa shape index (κ2) is 6.91. The van der Waals surface area contributed by atoms with Gasteiger partial charge in [-0.1, -0.05) is 11.6 Å². The summed E-state index contributed by atoms with van der Waals surface area (Å²) in [5, 5.41) is 7.79. The molecular weight excluding hydrogens is 309 g/mol. The highest BCUT2D eigenvalue weighted by molar-refractivity contribution is 6.30. The van der Waals surface area contributed by atoms with E-state index in [1.54, 1.807) is 24.3 Å². The molecule has 0 atom stereocenters. The number of hydrogen-bond donors (Lipinski definition) is 3. The molecule has 114 valence electrons. The average Bonchev–Trinajstić information content (AvgIpc) is 2.43. The molecule has 5 nitrogen and oxygen atoms in total. The van der Waals surface area contributed by atoms with Gasteiger partial charge in [0.05, 0.1) is 5.69 Å². The molecule has 2 aromatic rings. The molecule has 0 fully saturated rings. The Morgan fingerprint density at radius 3 is 2.09 bits per heavy atom. The molecule has 0 aliphatic rings. The van der Waals surface area contributed by atoms with Crippen LogP contribution in [-0.4, -0.2) is 11.9 Å². The van der Waals surface area contributed by atoms with Gasteiger partial charge in [0.1, 0.15) is 5.82 Å². The smallest absolute Gasteiger partial charge is 0.323 e. The fourth-order valence-electron chi connectivity index (χ4n) is 1.72. The average molecular weight is 322 g/mol. The number of amides is 3. The van der Waals surface area contributed by atoms with Gasteiger partial charge >= 0.3 is 6.03 Å². The van der Waals surface area contributed by atoms with E-state index in [2.05, 4.69) is 16.0 Å². The summed E-state index contributed by atoms with van der Waals surface area (Å²) in [4.78, 5) is 22.7. The zero-order valence-corrected chi connectivity index (χ0v) is 12.4. The van der Waals surface area contributed by atoms with Crippen LogP contribution in [-0.2, 0) is 4.79 Å². The lowest BCUT2D eigenvalue weighted by molar-refractivity contribution is -0.114. The van der Waals surface area contributed by atoms with Crippen molar-refractivity contribution in [2.75, 3.05) is 16.0 Å². The molecule has 0 unspecified atom stereocenters. The van der Waals surface area contributed by atoms with Gasteiger partial charge in [-0.25, -0.2) is 9.18 Å². The monoisotopic (exact) mass is 321 g/mol. The van der Waals surface area contributed by atoms with Gasteiger partial charge in [-0.15, -0.1) is 0 Å². The van der Waals surface area contributed by atoms with Crippen molar-refractivity contribution in [3.05, 3.63) is 53.3 Å². The predicted molar refractivity (Wildman–Crippen MR) is 84.8 cm³/mol. The highest BCUT2D eigenvalue weighted by atomic mass is 35.5. The highest BCUT2D eigenvalue weighted by Gasteiger charge is 2.07. The molecule has 0 aliphatic carbocycles. The van der Waals surface area contributed by atoms with Crippen molar-refractivity contribution < 1.29 is 14.0 Å². The maximum Gasteiger partial charge on any atom is 0.323 e. The summed E-state index contributed by atoms with van der Waals surface area (Å²) in [5.74, 6) is -0.805. The molecular formula is C15H13ClFN3O2. The number of carbonyl (C=O) groups is 2. The van der Waals surface area contributed by atoms with Crippen LogP contribution >= 0.6 is 11.6 Å². The minimum Gasteiger partial charge on any atom is -0.326 e. The minimum atomic E-state index is -0.622. The van der Waals surface area contributed by atoms with E-state index < -0.39 is 11.8 Å². The van der Waals surface area contributed by atoms with Crippen LogP contribution in [0.5, 0.6) is 0 Å². The number of hydrogen-bond acceptors (Lipinski definition) is 2. The van der Waals surface area contributed by atoms with Gasteiger partial charge in [0.2, 0.25) is 5.91 Å². The first kappa shape index (κ1) is 15.8. The Labute approximate surface area is 131 Å². The van der Waals surface area contributed by atoms with E-state index in [1.807, 2.05) is 0 Å². The molecule has 0 bridgehead atoms. The molecule has 3 amide bonds. The molecule has 3 N–H and O–H groups in total. The summed E-state index contributed by atoms with van der Waals surface area (Å²) in [6.07, 6.45) is 0. The second-order valence-electron chi connectivity index (χ2n) is 4.46. The lowest BCUT2D eigenvalue weighted by atomic mass is 10.2. The van der Waals surface area contributed by atoms with Gasteiger partial charge in [0.15, 0.2) is 0 Å². The lowest BCUT2D eigenvalue weighted by Crippen LogP contribution is -2.20. The van der Waals surface area contributed by atoms with E-state index in [4.69, 9.17) is 11.6 Å². The maximum absolute atomic E-state index is 13.6. The Morgan fingerprint density at radius 1 is 0.955 bits per heavy atom. The largest absolute Gasteiger partial charge is 0.326 e. The van der Waals surface area contributed by atoms with Gasteiger partial charge in [-0.3, -0.25) is 4.79 Å². The Bertz CT molecular complexity index is 704. The number of anilines is 3. The fraction of sp³-hybridized carbons (Fsp3) is 0.0667. The molecule has 0 saturated carbocycles. The molecule has 0 aromatic heterocycles. The summed E-state index contributed by atoms with van der Waals surface area (Å²) in [7, 11) is 0. The standard InChI is InChI=1S/C15H13ClFN3O2/c1-9(21)18-11-3-5-12(6-4-11)19-15(22)20-14-7-2-10(16)8-13(14)17/h2-8H,1H3,(H,18,21)(H2,19,20,22). The number of halogens is 2. The van der Waals surface area contributed by atoms with Crippen molar-refractivity contribution in [3.63, 3.8) is 0 Å². The summed E-state index contributed by atoms with van der Waals surface area (Å²) >= 11 is 5.64. The van der Waals surface area contributed by atoms with Gasteiger partial charge < -0.3 is 16.0 Å². The predicted octanol–water partition coefficient (Wildman–Crippen LogP) is 4.08. The van der Waals surface area contributed by atoms with Crippen LogP contribution in [0.2, 0.25) is 5.02 Å². The summed E-state index contributed by atoms with van der Waals surface area (Å²) in [6, 6.07) is 9.87. The third-order valence-corrected chi connectivity index (χ3v) is 2.88. The van der Waals surface area contributed by atoms with E-state index in [-0.39, 0.29) is 16.6 Å². The Hall–Kier alpha value is -2.60. The third kappa shape index (κ3) is 4.46. The van der Waals surface area contributed by atoms with E-state index in [0.717, 1.165) is 6.07 Å². The third-order valence-electron chi connectivity index (χ3n) is 2.64. The number of carbonyl (C=O) groups excluding carboxylic acids is 2. The van der Waals surface area contributed by atoms with Crippen molar-refractivity contribution in [2.45, 2.75) is 6.92 Å². The van der Waals surface area contributed by atoms with Gasteiger partial charge in [-0.2, -0.15) is 0 Å². The van der Waals surface area contributed by atoms with Crippen LogP contribution in [0.3, 0.4) is 0 Å². The van der Waals surface area contributed by atoms with Gasteiger partial charge in [0, 0.05) is 23.3 Å². The molecule has 0 heterocycles. The first-order valence-electron chi connectivity index (χ1n) is 6.35.